The Balaban J connectivity index is 1.67. The Labute approximate surface area is 189 Å². The van der Waals surface area contributed by atoms with Gasteiger partial charge in [-0.05, 0) is 29.7 Å². The summed E-state index contributed by atoms with van der Waals surface area (Å²) in [5.41, 5.74) is 4.77. The lowest BCUT2D eigenvalue weighted by molar-refractivity contribution is 0.101. The van der Waals surface area contributed by atoms with Gasteiger partial charge in [0.25, 0.3) is 0 Å². The van der Waals surface area contributed by atoms with Gasteiger partial charge in [0.15, 0.2) is 5.78 Å². The highest BCUT2D eigenvalue weighted by molar-refractivity contribution is 5.97. The average molecular weight is 423 g/mol. The van der Waals surface area contributed by atoms with Crippen LogP contribution in [0.2, 0.25) is 0 Å². The Kier molecular flexibility index (Phi) is 6.98. The first kappa shape index (κ1) is 21.4. The minimum Gasteiger partial charge on any atom is -0.489 e. The lowest BCUT2D eigenvalue weighted by atomic mass is 9.96. The van der Waals surface area contributed by atoms with Crippen LogP contribution in [-0.2, 0) is 19.6 Å². The predicted molar refractivity (Wildman–Crippen MR) is 127 cm³/mol. The number of ketones is 1. The van der Waals surface area contributed by atoms with Gasteiger partial charge in [0.2, 0.25) is 0 Å². The standard InChI is InChI=1S/C29H26O3/c1-22(30)27-18-26(31-20-24-13-7-3-8-14-24)19-29(32-21-25-15-9-4-10-16-25)28(27)17-23-11-5-2-6-12-23/h2-16,18-19H,17,20-21H2,1H3. The second kappa shape index (κ2) is 10.5. The summed E-state index contributed by atoms with van der Waals surface area (Å²) in [4.78, 5) is 12.6. The van der Waals surface area contributed by atoms with Crippen LogP contribution in [0.25, 0.3) is 0 Å². The summed E-state index contributed by atoms with van der Waals surface area (Å²) in [6.45, 7) is 2.43. The number of benzene rings is 4. The number of carbonyl (C=O) groups excluding carboxylic acids is 1. The number of Topliss-reactive ketones (excluding diaryl/α,β-unsaturated/α-hetero) is 1. The third-order valence-electron chi connectivity index (χ3n) is 5.27. The highest BCUT2D eigenvalue weighted by Crippen LogP contribution is 2.32. The summed E-state index contributed by atoms with van der Waals surface area (Å²) >= 11 is 0. The van der Waals surface area contributed by atoms with Crippen molar-refractivity contribution in [1.82, 2.24) is 0 Å². The van der Waals surface area contributed by atoms with Gasteiger partial charge < -0.3 is 9.47 Å². The van der Waals surface area contributed by atoms with Gasteiger partial charge in [-0.1, -0.05) is 91.0 Å². The molecular weight excluding hydrogens is 396 g/mol. The zero-order valence-corrected chi connectivity index (χ0v) is 18.2. The van der Waals surface area contributed by atoms with Crippen LogP contribution >= 0.6 is 0 Å². The van der Waals surface area contributed by atoms with Crippen molar-refractivity contribution in [2.75, 3.05) is 0 Å². The Morgan fingerprint density at radius 2 is 1.16 bits per heavy atom. The maximum absolute atomic E-state index is 12.6. The monoisotopic (exact) mass is 422 g/mol. The Hall–Kier alpha value is -3.85. The van der Waals surface area contributed by atoms with Crippen molar-refractivity contribution >= 4 is 5.78 Å². The van der Waals surface area contributed by atoms with E-state index in [1.165, 1.54) is 0 Å². The highest BCUT2D eigenvalue weighted by Gasteiger charge is 2.17. The van der Waals surface area contributed by atoms with Gasteiger partial charge in [-0.25, -0.2) is 0 Å². The van der Waals surface area contributed by atoms with Crippen molar-refractivity contribution < 1.29 is 14.3 Å². The molecule has 0 bridgehead atoms. The van der Waals surface area contributed by atoms with Crippen molar-refractivity contribution in [1.29, 1.82) is 0 Å². The van der Waals surface area contributed by atoms with E-state index in [0.29, 0.717) is 36.7 Å². The van der Waals surface area contributed by atoms with Crippen LogP contribution in [0.5, 0.6) is 11.5 Å². The molecular formula is C29H26O3. The first-order chi connectivity index (χ1) is 15.7. The van der Waals surface area contributed by atoms with E-state index in [0.717, 1.165) is 22.3 Å². The zero-order valence-electron chi connectivity index (χ0n) is 18.2. The molecule has 32 heavy (non-hydrogen) atoms. The van der Waals surface area contributed by atoms with Crippen LogP contribution in [0.3, 0.4) is 0 Å². The van der Waals surface area contributed by atoms with E-state index in [9.17, 15) is 4.79 Å². The topological polar surface area (TPSA) is 35.5 Å². The third-order valence-corrected chi connectivity index (χ3v) is 5.27. The number of hydrogen-bond donors (Lipinski definition) is 0. The summed E-state index contributed by atoms with van der Waals surface area (Å²) in [6.07, 6.45) is 0.610. The summed E-state index contributed by atoms with van der Waals surface area (Å²) in [6, 6.07) is 33.8. The number of carbonyl (C=O) groups is 1. The quantitative estimate of drug-likeness (QED) is 0.284. The fourth-order valence-corrected chi connectivity index (χ4v) is 3.60. The minimum absolute atomic E-state index is 0.00865. The number of rotatable bonds is 9. The minimum atomic E-state index is -0.00865. The summed E-state index contributed by atoms with van der Waals surface area (Å²) in [5.74, 6) is 1.29. The molecule has 4 aromatic carbocycles. The van der Waals surface area contributed by atoms with Crippen LogP contribution in [-0.4, -0.2) is 5.78 Å². The molecule has 0 unspecified atom stereocenters. The largest absolute Gasteiger partial charge is 0.489 e. The molecule has 0 radical (unpaired) electrons. The normalized spacial score (nSPS) is 10.5. The summed E-state index contributed by atoms with van der Waals surface area (Å²) in [7, 11) is 0. The molecule has 0 aromatic heterocycles. The third kappa shape index (κ3) is 5.64. The molecule has 3 nitrogen and oxygen atoms in total. The molecule has 0 saturated heterocycles. The molecule has 3 heteroatoms. The molecule has 0 N–H and O–H groups in total. The van der Waals surface area contributed by atoms with Crippen molar-refractivity contribution in [3.05, 3.63) is 131 Å². The van der Waals surface area contributed by atoms with Crippen molar-refractivity contribution in [3.63, 3.8) is 0 Å². The molecule has 4 aromatic rings. The fraction of sp³-hybridized carbons (Fsp3) is 0.138. The lowest BCUT2D eigenvalue weighted by Gasteiger charge is -2.18. The Morgan fingerprint density at radius 1 is 0.656 bits per heavy atom. The van der Waals surface area contributed by atoms with Gasteiger partial charge in [-0.2, -0.15) is 0 Å². The fourth-order valence-electron chi connectivity index (χ4n) is 3.60. The van der Waals surface area contributed by atoms with Gasteiger partial charge in [-0.3, -0.25) is 4.79 Å². The van der Waals surface area contributed by atoms with Gasteiger partial charge >= 0.3 is 0 Å². The molecule has 0 spiro atoms. The van der Waals surface area contributed by atoms with Crippen LogP contribution in [0, 0.1) is 0 Å². The summed E-state index contributed by atoms with van der Waals surface area (Å²) < 4.78 is 12.3. The second-order valence-corrected chi connectivity index (χ2v) is 7.71. The smallest absolute Gasteiger partial charge is 0.160 e. The van der Waals surface area contributed by atoms with Crippen LogP contribution in [0.15, 0.2) is 103 Å². The Bertz CT molecular complexity index is 1150. The van der Waals surface area contributed by atoms with Crippen molar-refractivity contribution in [2.45, 2.75) is 26.6 Å². The van der Waals surface area contributed by atoms with Gasteiger partial charge in [0, 0.05) is 23.6 Å². The maximum Gasteiger partial charge on any atom is 0.160 e. The zero-order chi connectivity index (χ0) is 22.2. The lowest BCUT2D eigenvalue weighted by Crippen LogP contribution is -2.07. The molecule has 0 aliphatic rings. The molecule has 0 aliphatic heterocycles. The van der Waals surface area contributed by atoms with E-state index >= 15 is 0 Å². The highest BCUT2D eigenvalue weighted by atomic mass is 16.5. The first-order valence-corrected chi connectivity index (χ1v) is 10.7. The second-order valence-electron chi connectivity index (χ2n) is 7.71. The number of ether oxygens (including phenoxy) is 2. The van der Waals surface area contributed by atoms with E-state index in [1.54, 1.807) is 6.92 Å². The maximum atomic E-state index is 12.6. The van der Waals surface area contributed by atoms with Crippen LogP contribution in [0.1, 0.15) is 39.5 Å². The molecule has 160 valence electrons. The van der Waals surface area contributed by atoms with Crippen LogP contribution < -0.4 is 9.47 Å². The molecule has 4 rings (SSSR count). The molecule has 0 fully saturated rings. The molecule has 0 atom stereocenters. The number of hydrogen-bond acceptors (Lipinski definition) is 3. The van der Waals surface area contributed by atoms with E-state index in [4.69, 9.17) is 9.47 Å². The van der Waals surface area contributed by atoms with E-state index in [2.05, 4.69) is 12.1 Å². The molecule has 0 heterocycles. The molecule has 0 saturated carbocycles. The van der Waals surface area contributed by atoms with E-state index in [1.807, 2.05) is 91.0 Å². The van der Waals surface area contributed by atoms with Gasteiger partial charge in [-0.15, -0.1) is 0 Å². The van der Waals surface area contributed by atoms with Gasteiger partial charge in [0.05, 0.1) is 0 Å². The Morgan fingerprint density at radius 3 is 1.69 bits per heavy atom. The predicted octanol–water partition coefficient (Wildman–Crippen LogP) is 6.64. The van der Waals surface area contributed by atoms with Crippen molar-refractivity contribution in [2.24, 2.45) is 0 Å². The van der Waals surface area contributed by atoms with E-state index in [-0.39, 0.29) is 5.78 Å². The van der Waals surface area contributed by atoms with E-state index < -0.39 is 0 Å². The molecule has 0 amide bonds. The van der Waals surface area contributed by atoms with Crippen molar-refractivity contribution in [3.8, 4) is 11.5 Å². The van der Waals surface area contributed by atoms with Gasteiger partial charge in [0.1, 0.15) is 24.7 Å². The van der Waals surface area contributed by atoms with Crippen LogP contribution in [0.4, 0.5) is 0 Å². The summed E-state index contributed by atoms with van der Waals surface area (Å²) in [5, 5.41) is 0. The first-order valence-electron chi connectivity index (χ1n) is 10.7. The average Bonchev–Trinajstić information content (AvgIpc) is 2.84. The SMILES string of the molecule is CC(=O)c1cc(OCc2ccccc2)cc(OCc2ccccc2)c1Cc1ccccc1. The molecule has 0 aliphatic carbocycles.